The highest BCUT2D eigenvalue weighted by Gasteiger charge is 2.38. The van der Waals surface area contributed by atoms with Gasteiger partial charge >= 0.3 is 5.97 Å². The van der Waals surface area contributed by atoms with Crippen LogP contribution in [0.25, 0.3) is 0 Å². The second kappa shape index (κ2) is 12.2. The summed E-state index contributed by atoms with van der Waals surface area (Å²) in [7, 11) is -2.61. The maximum absolute atomic E-state index is 13.0. The van der Waals surface area contributed by atoms with Gasteiger partial charge in [0, 0.05) is 6.54 Å². The molecule has 1 saturated heterocycles. The molecule has 1 heterocycles. The number of aryl methyl sites for hydroxylation is 1. The fourth-order valence-electron chi connectivity index (χ4n) is 3.55. The number of esters is 1. The Labute approximate surface area is 209 Å². The molecule has 3 rings (SSSR count). The normalized spacial score (nSPS) is 17.9. The Bertz CT molecular complexity index is 1170. The number of nitrogens with one attached hydrogen (secondary N) is 3. The van der Waals surface area contributed by atoms with Crippen molar-refractivity contribution in [2.75, 3.05) is 24.7 Å². The minimum atomic E-state index is -3.87. The number of carbonyl (C=O) groups excluding carboxylic acids is 3. The Morgan fingerprint density at radius 2 is 1.86 bits per heavy atom. The zero-order valence-corrected chi connectivity index (χ0v) is 21.2. The van der Waals surface area contributed by atoms with Gasteiger partial charge in [-0.3, -0.25) is 14.9 Å². The summed E-state index contributed by atoms with van der Waals surface area (Å²) < 4.78 is 30.7. The summed E-state index contributed by atoms with van der Waals surface area (Å²) in [6.07, 6.45) is 2.95. The molecule has 0 bridgehead atoms. The maximum atomic E-state index is 13.0. The van der Waals surface area contributed by atoms with Gasteiger partial charge in [-0.25, -0.2) is 13.2 Å². The average molecular weight is 520 g/mol. The molecule has 2 amide bonds. The fraction of sp³-hybridized carbons (Fsp3) is 0.375. The first kappa shape index (κ1) is 26.7. The molecule has 1 aliphatic heterocycles. The van der Waals surface area contributed by atoms with Crippen LogP contribution in [0, 0.1) is 0 Å². The van der Waals surface area contributed by atoms with Gasteiger partial charge in [0.25, 0.3) is 0 Å². The van der Waals surface area contributed by atoms with Crippen molar-refractivity contribution < 1.29 is 27.5 Å². The molecule has 35 heavy (non-hydrogen) atoms. The summed E-state index contributed by atoms with van der Waals surface area (Å²) in [4.78, 5) is 37.0. The number of carbonyl (C=O) groups is 3. The molecule has 0 aliphatic carbocycles. The van der Waals surface area contributed by atoms with Gasteiger partial charge < -0.3 is 15.4 Å². The quantitative estimate of drug-likeness (QED) is 0.408. The Kier molecular flexibility index (Phi) is 9.30. The first-order chi connectivity index (χ1) is 16.8. The highest BCUT2D eigenvalue weighted by atomic mass is 32.2. The minimum Gasteiger partial charge on any atom is -0.465 e. The Morgan fingerprint density at radius 3 is 2.51 bits per heavy atom. The zero-order valence-electron chi connectivity index (χ0n) is 19.6. The molecule has 2 aromatic carbocycles. The molecule has 3 N–H and O–H groups in total. The van der Waals surface area contributed by atoms with Crippen molar-refractivity contribution in [2.45, 2.75) is 41.8 Å². The van der Waals surface area contributed by atoms with Crippen molar-refractivity contribution in [1.29, 1.82) is 0 Å². The number of hydrogen-bond acceptors (Lipinski definition) is 8. The summed E-state index contributed by atoms with van der Waals surface area (Å²) in [5, 5.41) is 6.98. The van der Waals surface area contributed by atoms with E-state index in [1.54, 1.807) is 42.5 Å². The molecule has 9 nitrogen and oxygen atoms in total. The van der Waals surface area contributed by atoms with Crippen molar-refractivity contribution in [3.8, 4) is 0 Å². The predicted octanol–water partition coefficient (Wildman–Crippen LogP) is 2.33. The lowest BCUT2D eigenvalue weighted by atomic mass is 10.1. The van der Waals surface area contributed by atoms with Crippen LogP contribution in [0.15, 0.2) is 53.4 Å². The molecule has 0 saturated carbocycles. The van der Waals surface area contributed by atoms with E-state index >= 15 is 0 Å². The summed E-state index contributed by atoms with van der Waals surface area (Å²) in [6, 6.07) is 13.1. The number of unbranched alkanes of at least 4 members (excludes halogenated alkanes) is 1. The highest BCUT2D eigenvalue weighted by molar-refractivity contribution is 8.00. The molecule has 0 spiro atoms. The van der Waals surface area contributed by atoms with Crippen LogP contribution in [0.3, 0.4) is 0 Å². The lowest BCUT2D eigenvalue weighted by molar-refractivity contribution is -0.122. The van der Waals surface area contributed by atoms with Gasteiger partial charge in [0.1, 0.15) is 5.50 Å². The van der Waals surface area contributed by atoms with Gasteiger partial charge in [-0.2, -0.15) is 0 Å². The highest BCUT2D eigenvalue weighted by Crippen LogP contribution is 2.22. The fourth-order valence-corrected chi connectivity index (χ4v) is 5.86. The van der Waals surface area contributed by atoms with Gasteiger partial charge in [0.05, 0.1) is 29.0 Å². The number of sulfone groups is 1. The number of rotatable bonds is 10. The average Bonchev–Trinajstić information content (AvgIpc) is 2.86. The number of thioether (sulfide) groups is 1. The van der Waals surface area contributed by atoms with Crippen LogP contribution in [-0.4, -0.2) is 56.4 Å². The number of amides is 2. The van der Waals surface area contributed by atoms with Crippen LogP contribution >= 0.6 is 11.8 Å². The van der Waals surface area contributed by atoms with Crippen molar-refractivity contribution in [1.82, 2.24) is 10.6 Å². The lowest BCUT2D eigenvalue weighted by Crippen LogP contribution is -2.59. The third-order valence-corrected chi connectivity index (χ3v) is 8.59. The van der Waals surface area contributed by atoms with E-state index < -0.39 is 32.5 Å². The number of ether oxygens (including phenoxy) is 1. The van der Waals surface area contributed by atoms with E-state index in [0.717, 1.165) is 36.6 Å². The van der Waals surface area contributed by atoms with Crippen LogP contribution in [-0.2, 0) is 30.6 Å². The van der Waals surface area contributed by atoms with E-state index in [1.807, 2.05) is 0 Å². The van der Waals surface area contributed by atoms with Gasteiger partial charge in [0.2, 0.25) is 11.8 Å². The summed E-state index contributed by atoms with van der Waals surface area (Å²) >= 11 is 1.10. The van der Waals surface area contributed by atoms with Gasteiger partial charge in [0.15, 0.2) is 15.1 Å². The summed E-state index contributed by atoms with van der Waals surface area (Å²) in [5.41, 5.74) is 0.967. The first-order valence-corrected chi connectivity index (χ1v) is 13.8. The van der Waals surface area contributed by atoms with Crippen molar-refractivity contribution >= 4 is 45.1 Å². The second-order valence-corrected chi connectivity index (χ2v) is 11.2. The number of hydrogen-bond donors (Lipinski definition) is 3. The number of anilines is 1. The lowest BCUT2D eigenvalue weighted by Gasteiger charge is -2.29. The summed E-state index contributed by atoms with van der Waals surface area (Å²) in [5.74, 6) is -1.62. The SMILES string of the molecule is CCCCc1ccc(S(=O)(=O)C2CNC(SCC(=O)Nc3ccccc3C(=O)OC)NC2=O)cc1. The monoisotopic (exact) mass is 519 g/mol. The Morgan fingerprint density at radius 1 is 1.14 bits per heavy atom. The molecule has 11 heteroatoms. The Hall–Kier alpha value is -2.89. The molecule has 0 radical (unpaired) electrons. The second-order valence-electron chi connectivity index (χ2n) is 7.97. The molecule has 2 unspecified atom stereocenters. The number of para-hydroxylation sites is 1. The minimum absolute atomic E-state index is 0.0376. The first-order valence-electron chi connectivity index (χ1n) is 11.2. The van der Waals surface area contributed by atoms with Crippen molar-refractivity contribution in [3.63, 3.8) is 0 Å². The smallest absolute Gasteiger partial charge is 0.339 e. The molecule has 1 fully saturated rings. The molecule has 0 aromatic heterocycles. The number of benzene rings is 2. The van der Waals surface area contributed by atoms with Crippen molar-refractivity contribution in [2.24, 2.45) is 0 Å². The van der Waals surface area contributed by atoms with Gasteiger partial charge in [-0.05, 0) is 42.7 Å². The third-order valence-electron chi connectivity index (χ3n) is 5.49. The topological polar surface area (TPSA) is 131 Å². The zero-order chi connectivity index (χ0) is 25.4. The Balaban J connectivity index is 1.54. The molecule has 1 aliphatic rings. The van der Waals surface area contributed by atoms with E-state index in [0.29, 0.717) is 5.69 Å². The van der Waals surface area contributed by atoms with Gasteiger partial charge in [-0.15, -0.1) is 11.8 Å². The van der Waals surface area contributed by atoms with Gasteiger partial charge in [-0.1, -0.05) is 37.6 Å². The molecule has 2 atom stereocenters. The van der Waals surface area contributed by atoms with E-state index in [4.69, 9.17) is 4.74 Å². The van der Waals surface area contributed by atoms with E-state index in [-0.39, 0.29) is 28.7 Å². The van der Waals surface area contributed by atoms with Crippen LogP contribution < -0.4 is 16.0 Å². The molecular formula is C24H29N3O6S2. The standard InChI is InChI=1S/C24H29N3O6S2/c1-3-4-7-16-10-12-17(13-11-16)35(31,32)20-14-25-24(27-22(20)29)34-15-21(28)26-19-9-6-5-8-18(19)23(30)33-2/h5-6,8-13,20,24-25H,3-4,7,14-15H2,1-2H3,(H,26,28)(H,27,29). The largest absolute Gasteiger partial charge is 0.465 e. The van der Waals surface area contributed by atoms with Crippen LogP contribution in [0.1, 0.15) is 35.7 Å². The van der Waals surface area contributed by atoms with E-state index in [1.165, 1.54) is 13.2 Å². The third kappa shape index (κ3) is 6.83. The van der Waals surface area contributed by atoms with E-state index in [2.05, 4.69) is 22.9 Å². The molecule has 2 aromatic rings. The predicted molar refractivity (Wildman–Crippen MR) is 135 cm³/mol. The maximum Gasteiger partial charge on any atom is 0.339 e. The molecule has 188 valence electrons. The molecular weight excluding hydrogens is 490 g/mol. The number of methoxy groups -OCH3 is 1. The summed E-state index contributed by atoms with van der Waals surface area (Å²) in [6.45, 7) is 2.02. The van der Waals surface area contributed by atoms with E-state index in [9.17, 15) is 22.8 Å². The van der Waals surface area contributed by atoms with Crippen molar-refractivity contribution in [3.05, 3.63) is 59.7 Å². The van der Waals surface area contributed by atoms with Crippen LogP contribution in [0.4, 0.5) is 5.69 Å². The van der Waals surface area contributed by atoms with Crippen LogP contribution in [0.2, 0.25) is 0 Å². The van der Waals surface area contributed by atoms with Crippen LogP contribution in [0.5, 0.6) is 0 Å².